The number of amides is 2. The van der Waals surface area contributed by atoms with Gasteiger partial charge >= 0.3 is 0 Å². The molecule has 6 nitrogen and oxygen atoms in total. The van der Waals surface area contributed by atoms with Gasteiger partial charge in [-0.2, -0.15) is 0 Å². The fraction of sp³-hybridized carbons (Fsp3) is 0.333. The maximum Gasteiger partial charge on any atom is 0.255 e. The van der Waals surface area contributed by atoms with Gasteiger partial charge in [-0.1, -0.05) is 0 Å². The van der Waals surface area contributed by atoms with E-state index in [4.69, 9.17) is 5.73 Å². The van der Waals surface area contributed by atoms with Crippen LogP contribution >= 0.6 is 0 Å². The predicted molar refractivity (Wildman–Crippen MR) is 68.2 cm³/mol. The normalized spacial score (nSPS) is 9.78. The van der Waals surface area contributed by atoms with Gasteiger partial charge in [0.1, 0.15) is 5.75 Å². The van der Waals surface area contributed by atoms with Crippen LogP contribution in [0.2, 0.25) is 0 Å². The second-order valence-electron chi connectivity index (χ2n) is 3.81. The van der Waals surface area contributed by atoms with Crippen LogP contribution in [0.25, 0.3) is 0 Å². The Hall–Kier alpha value is -2.24. The van der Waals surface area contributed by atoms with Crippen molar-refractivity contribution in [1.82, 2.24) is 10.6 Å². The lowest BCUT2D eigenvalue weighted by molar-refractivity contribution is -0.109. The van der Waals surface area contributed by atoms with Gasteiger partial charge < -0.3 is 21.5 Å². The molecule has 0 aliphatic rings. The largest absolute Gasteiger partial charge is 0.507 e. The third kappa shape index (κ3) is 4.32. The molecule has 0 aliphatic heterocycles. The first-order valence-electron chi connectivity index (χ1n) is 5.69. The number of phenolic OH excluding ortho intramolecular Hbond substituents is 1. The summed E-state index contributed by atoms with van der Waals surface area (Å²) in [6, 6.07) is 4.37. The maximum absolute atomic E-state index is 11.7. The molecule has 1 rings (SSSR count). The van der Waals surface area contributed by atoms with E-state index in [1.807, 2.05) is 0 Å². The Bertz CT molecular complexity index is 421. The summed E-state index contributed by atoms with van der Waals surface area (Å²) >= 11 is 0. The fourth-order valence-corrected chi connectivity index (χ4v) is 1.45. The van der Waals surface area contributed by atoms with Crippen molar-refractivity contribution in [1.29, 1.82) is 0 Å². The van der Waals surface area contributed by atoms with Crippen molar-refractivity contribution < 1.29 is 14.7 Å². The van der Waals surface area contributed by atoms with Crippen molar-refractivity contribution >= 4 is 18.0 Å². The van der Waals surface area contributed by atoms with Crippen LogP contribution in [0.4, 0.5) is 5.69 Å². The minimum atomic E-state index is -0.337. The van der Waals surface area contributed by atoms with Gasteiger partial charge in [0.05, 0.1) is 5.56 Å². The van der Waals surface area contributed by atoms with Gasteiger partial charge in [-0.25, -0.2) is 0 Å². The number of aromatic hydroxyl groups is 1. The third-order valence-corrected chi connectivity index (χ3v) is 2.38. The molecule has 1 aromatic carbocycles. The molecular formula is C12H17N3O3. The minimum Gasteiger partial charge on any atom is -0.507 e. The van der Waals surface area contributed by atoms with Crippen LogP contribution in [0.1, 0.15) is 23.2 Å². The van der Waals surface area contributed by atoms with Crippen molar-refractivity contribution in [3.63, 3.8) is 0 Å². The molecule has 0 heterocycles. The summed E-state index contributed by atoms with van der Waals surface area (Å²) in [6.07, 6.45) is 2.18. The van der Waals surface area contributed by atoms with E-state index in [1.165, 1.54) is 12.1 Å². The number of anilines is 1. The average molecular weight is 251 g/mol. The molecule has 0 saturated heterocycles. The number of rotatable bonds is 7. The molecule has 0 radical (unpaired) electrons. The predicted octanol–water partition coefficient (Wildman–Crippen LogP) is 0.230. The van der Waals surface area contributed by atoms with Crippen molar-refractivity contribution in [2.24, 2.45) is 0 Å². The lowest BCUT2D eigenvalue weighted by atomic mass is 10.1. The summed E-state index contributed by atoms with van der Waals surface area (Å²) in [4.78, 5) is 21.7. The molecule has 0 aromatic heterocycles. The lowest BCUT2D eigenvalue weighted by Gasteiger charge is -2.07. The van der Waals surface area contributed by atoms with Crippen molar-refractivity contribution in [3.8, 4) is 5.75 Å². The first-order valence-corrected chi connectivity index (χ1v) is 5.69. The molecule has 18 heavy (non-hydrogen) atoms. The Morgan fingerprint density at radius 3 is 2.72 bits per heavy atom. The van der Waals surface area contributed by atoms with Crippen LogP contribution in [0.3, 0.4) is 0 Å². The van der Waals surface area contributed by atoms with E-state index < -0.39 is 0 Å². The minimum absolute atomic E-state index is 0.130. The number of nitrogens with two attached hydrogens (primary N) is 1. The highest BCUT2D eigenvalue weighted by Gasteiger charge is 2.10. The standard InChI is InChI=1S/C12H17N3O3/c13-9-3-4-10(11(17)7-9)12(18)15-6-2-1-5-14-8-16/h3-4,7-8,17H,1-2,5-6,13H2,(H,14,16)(H,15,18). The summed E-state index contributed by atoms with van der Waals surface area (Å²) in [6.45, 7) is 1.08. The van der Waals surface area contributed by atoms with Gasteiger partial charge in [-0.05, 0) is 25.0 Å². The zero-order chi connectivity index (χ0) is 13.4. The molecule has 0 saturated carbocycles. The van der Waals surface area contributed by atoms with Crippen LogP contribution in [-0.2, 0) is 4.79 Å². The number of carbonyl (C=O) groups is 2. The zero-order valence-corrected chi connectivity index (χ0v) is 9.98. The van der Waals surface area contributed by atoms with Gasteiger partial charge in [0.15, 0.2) is 0 Å². The summed E-state index contributed by atoms with van der Waals surface area (Å²) in [7, 11) is 0. The van der Waals surface area contributed by atoms with Crippen LogP contribution in [0.15, 0.2) is 18.2 Å². The van der Waals surface area contributed by atoms with E-state index in [-0.39, 0.29) is 17.2 Å². The number of carbonyl (C=O) groups excluding carboxylic acids is 2. The van der Waals surface area contributed by atoms with E-state index in [9.17, 15) is 14.7 Å². The van der Waals surface area contributed by atoms with Crippen LogP contribution < -0.4 is 16.4 Å². The number of nitrogen functional groups attached to an aromatic ring is 1. The maximum atomic E-state index is 11.7. The first kappa shape index (κ1) is 13.8. The van der Waals surface area contributed by atoms with E-state index in [1.54, 1.807) is 6.07 Å². The van der Waals surface area contributed by atoms with Gasteiger partial charge in [0.25, 0.3) is 5.91 Å². The number of nitrogens with one attached hydrogen (secondary N) is 2. The van der Waals surface area contributed by atoms with Gasteiger partial charge in [-0.3, -0.25) is 9.59 Å². The highest BCUT2D eigenvalue weighted by Crippen LogP contribution is 2.19. The Morgan fingerprint density at radius 2 is 2.06 bits per heavy atom. The molecule has 2 amide bonds. The van der Waals surface area contributed by atoms with Crippen molar-refractivity contribution in [2.75, 3.05) is 18.8 Å². The zero-order valence-electron chi connectivity index (χ0n) is 9.98. The highest BCUT2D eigenvalue weighted by molar-refractivity contribution is 5.97. The average Bonchev–Trinajstić information content (AvgIpc) is 2.33. The van der Waals surface area contributed by atoms with E-state index in [2.05, 4.69) is 10.6 Å². The molecule has 98 valence electrons. The topological polar surface area (TPSA) is 104 Å². The molecule has 0 spiro atoms. The summed E-state index contributed by atoms with van der Waals surface area (Å²) in [5, 5.41) is 14.8. The van der Waals surface area contributed by atoms with E-state index >= 15 is 0 Å². The number of hydrogen-bond donors (Lipinski definition) is 4. The summed E-state index contributed by atoms with van der Waals surface area (Å²) in [5.74, 6) is -0.467. The highest BCUT2D eigenvalue weighted by atomic mass is 16.3. The molecule has 5 N–H and O–H groups in total. The van der Waals surface area contributed by atoms with Crippen molar-refractivity contribution in [3.05, 3.63) is 23.8 Å². The molecule has 0 fully saturated rings. The summed E-state index contributed by atoms with van der Waals surface area (Å²) in [5.41, 5.74) is 6.08. The van der Waals surface area contributed by atoms with E-state index in [0.29, 0.717) is 25.2 Å². The molecule has 0 atom stereocenters. The number of benzene rings is 1. The molecule has 0 unspecified atom stereocenters. The second kappa shape index (κ2) is 7.16. The number of hydrogen-bond acceptors (Lipinski definition) is 4. The number of unbranched alkanes of at least 4 members (excludes halogenated alkanes) is 1. The van der Waals surface area contributed by atoms with Crippen LogP contribution in [-0.4, -0.2) is 30.5 Å². The molecule has 0 bridgehead atoms. The quantitative estimate of drug-likeness (QED) is 0.316. The molecular weight excluding hydrogens is 234 g/mol. The molecule has 6 heteroatoms. The third-order valence-electron chi connectivity index (χ3n) is 2.38. The Balaban J connectivity index is 2.34. The molecule has 0 aliphatic carbocycles. The van der Waals surface area contributed by atoms with Crippen LogP contribution in [0.5, 0.6) is 5.75 Å². The van der Waals surface area contributed by atoms with Gasteiger partial charge in [-0.15, -0.1) is 0 Å². The fourth-order valence-electron chi connectivity index (χ4n) is 1.45. The first-order chi connectivity index (χ1) is 8.65. The Labute approximate surface area is 105 Å². The van der Waals surface area contributed by atoms with Crippen molar-refractivity contribution in [2.45, 2.75) is 12.8 Å². The molecule has 1 aromatic rings. The Morgan fingerprint density at radius 1 is 1.33 bits per heavy atom. The van der Waals surface area contributed by atoms with Gasteiger partial charge in [0.2, 0.25) is 6.41 Å². The Kier molecular flexibility index (Phi) is 5.50. The smallest absolute Gasteiger partial charge is 0.255 e. The SMILES string of the molecule is Nc1ccc(C(=O)NCCCCNC=O)c(O)c1. The van der Waals surface area contributed by atoms with E-state index in [0.717, 1.165) is 12.8 Å². The monoisotopic (exact) mass is 251 g/mol. The van der Waals surface area contributed by atoms with Gasteiger partial charge in [0, 0.05) is 24.8 Å². The summed E-state index contributed by atoms with van der Waals surface area (Å²) < 4.78 is 0. The number of phenols is 1. The second-order valence-corrected chi connectivity index (χ2v) is 3.81. The lowest BCUT2D eigenvalue weighted by Crippen LogP contribution is -2.25. The van der Waals surface area contributed by atoms with Crippen LogP contribution in [0, 0.1) is 0 Å².